The number of benzene rings is 1. The molecule has 1 aromatic heterocycles. The highest BCUT2D eigenvalue weighted by atomic mass is 28.4. The van der Waals surface area contributed by atoms with Gasteiger partial charge >= 0.3 is 0 Å². The Morgan fingerprint density at radius 2 is 1.72 bits per heavy atom. The largest absolute Gasteiger partial charge is 0.481 e. The molecule has 0 amide bonds. The summed E-state index contributed by atoms with van der Waals surface area (Å²) < 4.78 is 12.3. The second kappa shape index (κ2) is 10.5. The van der Waals surface area contributed by atoms with E-state index in [9.17, 15) is 15.3 Å². The number of nitrogens with zero attached hydrogens (tertiary/aromatic N) is 3. The second-order valence-electron chi connectivity index (χ2n) is 11.5. The van der Waals surface area contributed by atoms with Crippen LogP contribution >= 0.6 is 0 Å². The van der Waals surface area contributed by atoms with Crippen molar-refractivity contribution < 1.29 is 14.0 Å². The third-order valence-corrected chi connectivity index (χ3v) is 11.9. The van der Waals surface area contributed by atoms with Gasteiger partial charge in [0.1, 0.15) is 0 Å². The van der Waals surface area contributed by atoms with E-state index in [1.807, 2.05) is 13.8 Å². The molecule has 1 aliphatic rings. The number of carbonyl (C=O) groups excluding carboxylic acids is 1. The van der Waals surface area contributed by atoms with Crippen molar-refractivity contribution in [3.63, 3.8) is 0 Å². The van der Waals surface area contributed by atoms with Crippen molar-refractivity contribution in [1.82, 2.24) is 4.98 Å². The molecule has 6 nitrogen and oxygen atoms in total. The first-order valence-corrected chi connectivity index (χ1v) is 15.5. The fourth-order valence-electron chi connectivity index (χ4n) is 4.06. The molecule has 7 heteroatoms. The lowest BCUT2D eigenvalue weighted by Crippen LogP contribution is -2.40. The number of hydrogen-bond acceptors (Lipinski definition) is 6. The highest BCUT2D eigenvalue weighted by molar-refractivity contribution is 6.74. The van der Waals surface area contributed by atoms with Crippen LogP contribution in [0.2, 0.25) is 18.1 Å². The van der Waals surface area contributed by atoms with Gasteiger partial charge < -0.3 is 9.16 Å². The highest BCUT2D eigenvalue weighted by Gasteiger charge is 2.38. The van der Waals surface area contributed by atoms with Gasteiger partial charge in [-0.15, -0.1) is 0 Å². The SMILES string of the molecule is COc1nc(CO[Si](C)(C)C(C)(C)C)c(CC2CC2)c(C(=O)c2cc(C#N)cc(C#N)c2)c1C(C)C. The van der Waals surface area contributed by atoms with Crippen LogP contribution in [0, 0.1) is 28.6 Å². The van der Waals surface area contributed by atoms with Crippen molar-refractivity contribution in [3.8, 4) is 18.0 Å². The molecule has 0 bridgehead atoms. The zero-order valence-electron chi connectivity index (χ0n) is 22.8. The van der Waals surface area contributed by atoms with E-state index < -0.39 is 8.32 Å². The topological polar surface area (TPSA) is 96.0 Å². The van der Waals surface area contributed by atoms with Gasteiger partial charge in [0.25, 0.3) is 0 Å². The first-order chi connectivity index (χ1) is 16.8. The maximum atomic E-state index is 14.2. The minimum atomic E-state index is -2.07. The molecule has 1 aromatic carbocycles. The van der Waals surface area contributed by atoms with Gasteiger partial charge in [0.15, 0.2) is 14.1 Å². The van der Waals surface area contributed by atoms with Crippen LogP contribution in [-0.2, 0) is 17.5 Å². The summed E-state index contributed by atoms with van der Waals surface area (Å²) >= 11 is 0. The Labute approximate surface area is 216 Å². The van der Waals surface area contributed by atoms with Crippen LogP contribution in [0.25, 0.3) is 0 Å². The molecule has 0 aliphatic heterocycles. The van der Waals surface area contributed by atoms with E-state index >= 15 is 0 Å². The van der Waals surface area contributed by atoms with Crippen molar-refractivity contribution >= 4 is 14.1 Å². The van der Waals surface area contributed by atoms with Gasteiger partial charge in [0.2, 0.25) is 5.88 Å². The predicted molar refractivity (Wildman–Crippen MR) is 143 cm³/mol. The van der Waals surface area contributed by atoms with Crippen molar-refractivity contribution in [2.24, 2.45) is 5.92 Å². The molecule has 0 unspecified atom stereocenters. The molecule has 2 aromatic rings. The van der Waals surface area contributed by atoms with Gasteiger partial charge in [-0.25, -0.2) is 4.98 Å². The van der Waals surface area contributed by atoms with Crippen LogP contribution in [0.4, 0.5) is 0 Å². The van der Waals surface area contributed by atoms with Gasteiger partial charge in [-0.1, -0.05) is 34.6 Å². The molecule has 0 spiro atoms. The molecule has 1 saturated carbocycles. The number of hydrogen-bond donors (Lipinski definition) is 0. The number of rotatable bonds is 9. The number of ether oxygens (including phenoxy) is 1. The van der Waals surface area contributed by atoms with Crippen LogP contribution < -0.4 is 4.74 Å². The standard InChI is InChI=1S/C29H37N3O3Si/c1-18(2)25-26(27(33)22-12-20(15-30)11-21(13-22)16-31)23(14-19-9-10-19)24(32-28(25)34-6)17-35-36(7,8)29(3,4)5/h11-13,18-19H,9-10,14,17H2,1-8H3. The van der Waals surface area contributed by atoms with Gasteiger partial charge in [0.05, 0.1) is 42.7 Å². The lowest BCUT2D eigenvalue weighted by atomic mass is 9.86. The Morgan fingerprint density at radius 3 is 2.17 bits per heavy atom. The molecular formula is C29H37N3O3Si. The molecule has 1 heterocycles. The van der Waals surface area contributed by atoms with Gasteiger partial charge in [0, 0.05) is 16.7 Å². The fraction of sp³-hybridized carbons (Fsp3) is 0.517. The van der Waals surface area contributed by atoms with Gasteiger partial charge in [-0.2, -0.15) is 10.5 Å². The molecule has 3 rings (SSSR count). The molecule has 0 atom stereocenters. The smallest absolute Gasteiger partial charge is 0.217 e. The average Bonchev–Trinajstić information content (AvgIpc) is 3.65. The van der Waals surface area contributed by atoms with E-state index in [-0.39, 0.29) is 27.9 Å². The van der Waals surface area contributed by atoms with E-state index in [1.165, 1.54) is 6.07 Å². The molecule has 1 aliphatic carbocycles. The number of pyridine rings is 1. The Hall–Kier alpha value is -3.00. The number of methoxy groups -OCH3 is 1. The van der Waals surface area contributed by atoms with Crippen molar-refractivity contribution in [2.75, 3.05) is 7.11 Å². The minimum Gasteiger partial charge on any atom is -0.481 e. The first-order valence-electron chi connectivity index (χ1n) is 12.6. The molecule has 190 valence electrons. The average molecular weight is 504 g/mol. The summed E-state index contributed by atoms with van der Waals surface area (Å²) in [5.41, 5.74) is 3.89. The Bertz CT molecular complexity index is 1210. The molecule has 0 saturated heterocycles. The van der Waals surface area contributed by atoms with Crippen molar-refractivity contribution in [3.05, 3.63) is 57.3 Å². The quantitative estimate of drug-likeness (QED) is 0.280. The highest BCUT2D eigenvalue weighted by Crippen LogP contribution is 2.41. The van der Waals surface area contributed by atoms with Crippen molar-refractivity contribution in [2.45, 2.75) is 84.5 Å². The van der Waals surface area contributed by atoms with E-state index in [2.05, 4.69) is 46.0 Å². The molecular weight excluding hydrogens is 466 g/mol. The number of aromatic nitrogens is 1. The summed E-state index contributed by atoms with van der Waals surface area (Å²) in [5, 5.41) is 19.0. The summed E-state index contributed by atoms with van der Waals surface area (Å²) in [5.74, 6) is 0.712. The third kappa shape index (κ3) is 5.86. The number of nitriles is 2. The van der Waals surface area contributed by atoms with Crippen LogP contribution in [-0.4, -0.2) is 26.2 Å². The molecule has 0 radical (unpaired) electrons. The Morgan fingerprint density at radius 1 is 1.14 bits per heavy atom. The number of carbonyl (C=O) groups is 1. The monoisotopic (exact) mass is 503 g/mol. The summed E-state index contributed by atoms with van der Waals surface area (Å²) in [7, 11) is -0.494. The van der Waals surface area contributed by atoms with Gasteiger partial charge in [-0.05, 0) is 73.0 Å². The zero-order valence-corrected chi connectivity index (χ0v) is 23.8. The second-order valence-corrected chi connectivity index (χ2v) is 16.3. The molecule has 36 heavy (non-hydrogen) atoms. The van der Waals surface area contributed by atoms with Gasteiger partial charge in [-0.3, -0.25) is 4.79 Å². The Balaban J connectivity index is 2.25. The zero-order chi connectivity index (χ0) is 26.8. The maximum absolute atomic E-state index is 14.2. The van der Waals surface area contributed by atoms with Crippen molar-refractivity contribution in [1.29, 1.82) is 10.5 Å². The third-order valence-electron chi connectivity index (χ3n) is 7.40. The van der Waals surface area contributed by atoms with Crippen LogP contribution in [0.5, 0.6) is 5.88 Å². The number of ketones is 1. The lowest BCUT2D eigenvalue weighted by molar-refractivity contribution is 0.103. The van der Waals surface area contributed by atoms with E-state index in [0.29, 0.717) is 29.5 Å². The molecule has 0 N–H and O–H groups in total. The summed E-state index contributed by atoms with van der Waals surface area (Å²) in [4.78, 5) is 19.1. The first kappa shape index (κ1) is 27.6. The fourth-order valence-corrected chi connectivity index (χ4v) is 4.99. The van der Waals surface area contributed by atoms with Crippen LogP contribution in [0.3, 0.4) is 0 Å². The summed E-state index contributed by atoms with van der Waals surface area (Å²) in [6, 6.07) is 8.77. The van der Waals surface area contributed by atoms with E-state index in [1.54, 1.807) is 19.2 Å². The normalized spacial score (nSPS) is 13.9. The summed E-state index contributed by atoms with van der Waals surface area (Å²) in [6.07, 6.45) is 3.00. The van der Waals surface area contributed by atoms with E-state index in [0.717, 1.165) is 36.1 Å². The van der Waals surface area contributed by atoms with E-state index in [4.69, 9.17) is 14.1 Å². The van der Waals surface area contributed by atoms with Crippen LogP contribution in [0.15, 0.2) is 18.2 Å². The maximum Gasteiger partial charge on any atom is 0.217 e. The van der Waals surface area contributed by atoms with Crippen LogP contribution in [0.1, 0.15) is 97.2 Å². The summed E-state index contributed by atoms with van der Waals surface area (Å²) in [6.45, 7) is 15.4. The predicted octanol–water partition coefficient (Wildman–Crippen LogP) is 6.66. The minimum absolute atomic E-state index is 0.0192. The lowest BCUT2D eigenvalue weighted by Gasteiger charge is -2.36. The Kier molecular flexibility index (Phi) is 8.08. The molecule has 1 fully saturated rings.